The van der Waals surface area contributed by atoms with Gasteiger partial charge in [-0.2, -0.15) is 0 Å². The fourth-order valence-corrected chi connectivity index (χ4v) is 3.09. The Balaban J connectivity index is 1.52. The Hall–Kier alpha value is -2.34. The summed E-state index contributed by atoms with van der Waals surface area (Å²) in [4.78, 5) is 4.43. The van der Waals surface area contributed by atoms with Crippen molar-refractivity contribution in [2.75, 3.05) is 12.1 Å². The van der Waals surface area contributed by atoms with Crippen LogP contribution in [0.3, 0.4) is 0 Å². The summed E-state index contributed by atoms with van der Waals surface area (Å²) in [5, 5.41) is 4.02. The highest BCUT2D eigenvalue weighted by atomic mass is 32.1. The van der Waals surface area contributed by atoms with Gasteiger partial charge in [0.2, 0.25) is 6.79 Å². The van der Waals surface area contributed by atoms with Crippen molar-refractivity contribution in [3.8, 4) is 11.5 Å². The van der Waals surface area contributed by atoms with E-state index in [4.69, 9.17) is 9.47 Å². The topological polar surface area (TPSA) is 43.4 Å². The summed E-state index contributed by atoms with van der Waals surface area (Å²) in [7, 11) is 0. The maximum Gasteiger partial charge on any atom is 0.231 e. The van der Waals surface area contributed by atoms with Crippen molar-refractivity contribution in [2.24, 2.45) is 0 Å². The number of benzene rings is 2. The minimum atomic E-state index is -0.242. The number of aromatic nitrogens is 1. The second-order valence-corrected chi connectivity index (χ2v) is 5.70. The third-order valence-corrected chi connectivity index (χ3v) is 4.21. The van der Waals surface area contributed by atoms with E-state index in [1.165, 1.54) is 23.5 Å². The largest absolute Gasteiger partial charge is 0.454 e. The van der Waals surface area contributed by atoms with E-state index in [0.717, 1.165) is 32.4 Å². The Labute approximate surface area is 124 Å². The summed E-state index contributed by atoms with van der Waals surface area (Å²) in [6.45, 7) is 0.897. The van der Waals surface area contributed by atoms with Gasteiger partial charge in [-0.15, -0.1) is 0 Å². The van der Waals surface area contributed by atoms with E-state index >= 15 is 0 Å². The molecule has 0 amide bonds. The van der Waals surface area contributed by atoms with Crippen LogP contribution in [0.15, 0.2) is 36.4 Å². The van der Waals surface area contributed by atoms with Gasteiger partial charge < -0.3 is 14.8 Å². The van der Waals surface area contributed by atoms with E-state index in [2.05, 4.69) is 10.3 Å². The highest BCUT2D eigenvalue weighted by molar-refractivity contribution is 7.22. The lowest BCUT2D eigenvalue weighted by Crippen LogP contribution is -1.98. The zero-order valence-corrected chi connectivity index (χ0v) is 11.7. The van der Waals surface area contributed by atoms with Gasteiger partial charge in [-0.25, -0.2) is 9.37 Å². The number of hydrogen-bond donors (Lipinski definition) is 1. The average molecular weight is 302 g/mol. The Morgan fingerprint density at radius 3 is 3.00 bits per heavy atom. The Kier molecular flexibility index (Phi) is 2.89. The molecule has 0 unspecified atom stereocenters. The lowest BCUT2D eigenvalue weighted by Gasteiger charge is -2.04. The molecule has 1 aromatic heterocycles. The molecule has 0 atom stereocenters. The molecule has 3 aromatic rings. The molecule has 2 heterocycles. The molecule has 0 aliphatic carbocycles. The minimum absolute atomic E-state index is 0.242. The molecular weight excluding hydrogens is 291 g/mol. The lowest BCUT2D eigenvalue weighted by molar-refractivity contribution is 0.174. The zero-order chi connectivity index (χ0) is 14.2. The summed E-state index contributed by atoms with van der Waals surface area (Å²) < 4.78 is 24.6. The molecule has 0 saturated carbocycles. The molecule has 0 saturated heterocycles. The molecule has 2 aromatic carbocycles. The molecule has 0 spiro atoms. The third-order valence-electron chi connectivity index (χ3n) is 3.23. The second kappa shape index (κ2) is 4.89. The second-order valence-electron chi connectivity index (χ2n) is 4.67. The number of anilines is 1. The Morgan fingerprint density at radius 2 is 2.05 bits per heavy atom. The molecule has 1 aliphatic heterocycles. The van der Waals surface area contributed by atoms with Crippen LogP contribution in [-0.2, 0) is 6.54 Å². The van der Waals surface area contributed by atoms with Crippen LogP contribution in [0.5, 0.6) is 11.5 Å². The first-order chi connectivity index (χ1) is 10.3. The number of ether oxygens (including phenoxy) is 2. The van der Waals surface area contributed by atoms with Gasteiger partial charge >= 0.3 is 0 Å². The molecule has 4 nitrogen and oxygen atoms in total. The fraction of sp³-hybridized carbons (Fsp3) is 0.133. The highest BCUT2D eigenvalue weighted by Gasteiger charge is 2.13. The molecule has 0 bridgehead atoms. The van der Waals surface area contributed by atoms with Gasteiger partial charge in [0.25, 0.3) is 0 Å². The SMILES string of the molecule is Fc1ccc2nc(NCc3ccc4c(c3)OCO4)sc2c1. The summed E-state index contributed by atoms with van der Waals surface area (Å²) in [6.07, 6.45) is 0. The van der Waals surface area contributed by atoms with Crippen LogP contribution >= 0.6 is 11.3 Å². The molecule has 21 heavy (non-hydrogen) atoms. The molecule has 1 N–H and O–H groups in total. The van der Waals surface area contributed by atoms with E-state index < -0.39 is 0 Å². The standard InChI is InChI=1S/C15H11FN2O2S/c16-10-2-3-11-14(6-10)21-15(18-11)17-7-9-1-4-12-13(5-9)20-8-19-12/h1-6H,7-8H2,(H,17,18). The Bertz CT molecular complexity index is 819. The van der Waals surface area contributed by atoms with E-state index in [1.54, 1.807) is 6.07 Å². The maximum atomic E-state index is 13.2. The number of nitrogens with zero attached hydrogens (tertiary/aromatic N) is 1. The van der Waals surface area contributed by atoms with Crippen LogP contribution in [-0.4, -0.2) is 11.8 Å². The fourth-order valence-electron chi connectivity index (χ4n) is 2.20. The number of thiazole rings is 1. The highest BCUT2D eigenvalue weighted by Crippen LogP contribution is 2.33. The van der Waals surface area contributed by atoms with E-state index in [0.29, 0.717) is 6.54 Å². The van der Waals surface area contributed by atoms with Crippen molar-refractivity contribution in [1.82, 2.24) is 4.98 Å². The molecular formula is C15H11FN2O2S. The van der Waals surface area contributed by atoms with Gasteiger partial charge in [-0.1, -0.05) is 17.4 Å². The zero-order valence-electron chi connectivity index (χ0n) is 10.9. The van der Waals surface area contributed by atoms with E-state index in [1.807, 2.05) is 18.2 Å². The number of fused-ring (bicyclic) bond motifs is 2. The van der Waals surface area contributed by atoms with Crippen LogP contribution in [0, 0.1) is 5.82 Å². The van der Waals surface area contributed by atoms with Gasteiger partial charge in [-0.05, 0) is 35.9 Å². The third kappa shape index (κ3) is 2.38. The summed E-state index contributed by atoms with van der Waals surface area (Å²) in [6, 6.07) is 10.4. The lowest BCUT2D eigenvalue weighted by atomic mass is 10.2. The van der Waals surface area contributed by atoms with Crippen molar-refractivity contribution in [3.05, 3.63) is 47.8 Å². The number of rotatable bonds is 3. The van der Waals surface area contributed by atoms with Gasteiger partial charge in [0, 0.05) is 6.54 Å². The van der Waals surface area contributed by atoms with Crippen molar-refractivity contribution in [2.45, 2.75) is 6.54 Å². The Morgan fingerprint density at radius 1 is 1.14 bits per heavy atom. The van der Waals surface area contributed by atoms with Gasteiger partial charge in [0.1, 0.15) is 5.82 Å². The van der Waals surface area contributed by atoms with Crippen LogP contribution in [0.1, 0.15) is 5.56 Å². The van der Waals surface area contributed by atoms with Crippen molar-refractivity contribution < 1.29 is 13.9 Å². The van der Waals surface area contributed by atoms with Gasteiger partial charge in [-0.3, -0.25) is 0 Å². The number of hydrogen-bond acceptors (Lipinski definition) is 5. The van der Waals surface area contributed by atoms with Crippen LogP contribution in [0.2, 0.25) is 0 Å². The van der Waals surface area contributed by atoms with Gasteiger partial charge in [0.15, 0.2) is 16.6 Å². The summed E-state index contributed by atoms with van der Waals surface area (Å²) in [5.74, 6) is 1.29. The molecule has 6 heteroatoms. The van der Waals surface area contributed by atoms with Gasteiger partial charge in [0.05, 0.1) is 10.2 Å². The molecule has 4 rings (SSSR count). The van der Waals surface area contributed by atoms with Crippen molar-refractivity contribution >= 4 is 26.7 Å². The van der Waals surface area contributed by atoms with Crippen molar-refractivity contribution in [1.29, 1.82) is 0 Å². The number of halogens is 1. The van der Waals surface area contributed by atoms with E-state index in [-0.39, 0.29) is 12.6 Å². The van der Waals surface area contributed by atoms with E-state index in [9.17, 15) is 4.39 Å². The molecule has 1 aliphatic rings. The predicted molar refractivity (Wildman–Crippen MR) is 79.5 cm³/mol. The predicted octanol–water partition coefficient (Wildman–Crippen LogP) is 3.78. The number of nitrogens with one attached hydrogen (secondary N) is 1. The summed E-state index contributed by atoms with van der Waals surface area (Å²) in [5.41, 5.74) is 1.87. The minimum Gasteiger partial charge on any atom is -0.454 e. The monoisotopic (exact) mass is 302 g/mol. The first kappa shape index (κ1) is 12.4. The normalized spacial score (nSPS) is 12.8. The first-order valence-corrected chi connectivity index (χ1v) is 7.28. The molecule has 106 valence electrons. The quantitative estimate of drug-likeness (QED) is 0.799. The van der Waals surface area contributed by atoms with Crippen LogP contribution < -0.4 is 14.8 Å². The summed E-state index contributed by atoms with van der Waals surface area (Å²) >= 11 is 1.44. The van der Waals surface area contributed by atoms with Crippen LogP contribution in [0.4, 0.5) is 9.52 Å². The maximum absolute atomic E-state index is 13.2. The molecule has 0 fully saturated rings. The first-order valence-electron chi connectivity index (χ1n) is 6.46. The average Bonchev–Trinajstić information content (AvgIpc) is 3.09. The smallest absolute Gasteiger partial charge is 0.231 e. The van der Waals surface area contributed by atoms with Crippen LogP contribution in [0.25, 0.3) is 10.2 Å². The van der Waals surface area contributed by atoms with Crippen molar-refractivity contribution in [3.63, 3.8) is 0 Å². The molecule has 0 radical (unpaired) electrons.